The van der Waals surface area contributed by atoms with Gasteiger partial charge in [0.1, 0.15) is 5.71 Å². The fourth-order valence-electron chi connectivity index (χ4n) is 2.37. The van der Waals surface area contributed by atoms with Gasteiger partial charge in [-0.05, 0) is 29.7 Å². The first-order valence-electron chi connectivity index (χ1n) is 8.41. The lowest BCUT2D eigenvalue weighted by atomic mass is 10.1. The van der Waals surface area contributed by atoms with Crippen molar-refractivity contribution in [2.24, 2.45) is 4.99 Å². The highest BCUT2D eigenvalue weighted by atomic mass is 35.5. The van der Waals surface area contributed by atoms with E-state index in [9.17, 15) is 9.90 Å². The Balaban J connectivity index is 1.88. The van der Waals surface area contributed by atoms with E-state index in [0.29, 0.717) is 31.7 Å². The molecule has 0 atom stereocenters. The molecule has 2 aromatic rings. The van der Waals surface area contributed by atoms with Crippen molar-refractivity contribution < 1.29 is 19.4 Å². The third kappa shape index (κ3) is 6.86. The van der Waals surface area contributed by atoms with Crippen LogP contribution >= 0.6 is 23.2 Å². The minimum absolute atomic E-state index is 0.121. The third-order valence-electron chi connectivity index (χ3n) is 3.73. The van der Waals surface area contributed by atoms with E-state index in [1.54, 1.807) is 12.1 Å². The third-order valence-corrected chi connectivity index (χ3v) is 4.31. The summed E-state index contributed by atoms with van der Waals surface area (Å²) in [4.78, 5) is 16.3. The van der Waals surface area contributed by atoms with Gasteiger partial charge in [-0.15, -0.1) is 0 Å². The van der Waals surface area contributed by atoms with Crippen LogP contribution in [0, 0.1) is 0 Å². The number of nitrogens with zero attached hydrogens (tertiary/aromatic N) is 1. The summed E-state index contributed by atoms with van der Waals surface area (Å²) in [7, 11) is 1.30. The maximum atomic E-state index is 12.0. The molecule has 0 fully saturated rings. The average molecular weight is 410 g/mol. The summed E-state index contributed by atoms with van der Waals surface area (Å²) < 4.78 is 10.4. The topological polar surface area (TPSA) is 68.1 Å². The van der Waals surface area contributed by atoms with Crippen LogP contribution in [0.2, 0.25) is 10.0 Å². The number of rotatable bonds is 9. The van der Waals surface area contributed by atoms with Gasteiger partial charge in [-0.1, -0.05) is 53.5 Å². The Hall–Kier alpha value is -2.08. The quantitative estimate of drug-likeness (QED) is 0.377. The molecular formula is C20H21Cl2NO4. The maximum Gasteiger partial charge on any atom is 0.352 e. The molecule has 0 amide bonds. The van der Waals surface area contributed by atoms with Crippen molar-refractivity contribution in [3.8, 4) is 5.75 Å². The first-order chi connectivity index (χ1) is 13.0. The maximum absolute atomic E-state index is 12.0. The average Bonchev–Trinajstić information content (AvgIpc) is 2.67. The zero-order valence-electron chi connectivity index (χ0n) is 15.0. The van der Waals surface area contributed by atoms with Crippen molar-refractivity contribution in [1.29, 1.82) is 0 Å². The molecule has 0 saturated carbocycles. The second-order valence-corrected chi connectivity index (χ2v) is 6.61. The fourth-order valence-corrected chi connectivity index (χ4v) is 2.90. The van der Waals surface area contributed by atoms with Crippen molar-refractivity contribution in [3.05, 3.63) is 63.6 Å². The van der Waals surface area contributed by atoms with Crippen LogP contribution in [0.3, 0.4) is 0 Å². The van der Waals surface area contributed by atoms with E-state index in [1.807, 2.05) is 30.3 Å². The molecule has 144 valence electrons. The number of phenolic OH excluding ortho intramolecular Hbond substituents is 1. The molecule has 0 aromatic heterocycles. The zero-order valence-corrected chi connectivity index (χ0v) is 16.5. The number of halogens is 2. The smallest absolute Gasteiger partial charge is 0.352 e. The van der Waals surface area contributed by atoms with Gasteiger partial charge in [-0.2, -0.15) is 0 Å². The van der Waals surface area contributed by atoms with E-state index >= 15 is 0 Å². The summed E-state index contributed by atoms with van der Waals surface area (Å²) in [6, 6.07) is 13.0. The Morgan fingerprint density at radius 2 is 1.78 bits per heavy atom. The monoisotopic (exact) mass is 409 g/mol. The van der Waals surface area contributed by atoms with Crippen LogP contribution < -0.4 is 0 Å². The number of aromatic hydroxyl groups is 1. The number of phenols is 1. The number of esters is 1. The minimum atomic E-state index is -0.513. The summed E-state index contributed by atoms with van der Waals surface area (Å²) in [5, 5.41) is 9.87. The molecule has 7 heteroatoms. The number of aliphatic imine (C=N–C) groups is 1. The van der Waals surface area contributed by atoms with Crippen LogP contribution in [0.15, 0.2) is 47.5 Å². The van der Waals surface area contributed by atoms with Gasteiger partial charge >= 0.3 is 5.97 Å². The second-order valence-electron chi connectivity index (χ2n) is 5.80. The molecule has 2 rings (SSSR count). The van der Waals surface area contributed by atoms with Crippen LogP contribution in [-0.4, -0.2) is 37.0 Å². The molecule has 0 radical (unpaired) electrons. The van der Waals surface area contributed by atoms with Gasteiger partial charge in [0.25, 0.3) is 0 Å². The normalized spacial score (nSPS) is 11.4. The van der Waals surface area contributed by atoms with E-state index in [2.05, 4.69) is 4.99 Å². The van der Waals surface area contributed by atoms with E-state index in [0.717, 1.165) is 5.56 Å². The number of hydrogen-bond donors (Lipinski definition) is 1. The van der Waals surface area contributed by atoms with Gasteiger partial charge in [0.15, 0.2) is 5.75 Å². The molecule has 2 aromatic carbocycles. The van der Waals surface area contributed by atoms with Gasteiger partial charge in [0.05, 0.1) is 23.8 Å². The van der Waals surface area contributed by atoms with Crippen LogP contribution in [0.4, 0.5) is 0 Å². The molecule has 5 nitrogen and oxygen atoms in total. The van der Waals surface area contributed by atoms with E-state index in [-0.39, 0.29) is 27.9 Å². The van der Waals surface area contributed by atoms with Crippen LogP contribution in [-0.2, 0) is 27.3 Å². The van der Waals surface area contributed by atoms with Gasteiger partial charge in [0.2, 0.25) is 0 Å². The molecule has 0 bridgehead atoms. The number of ether oxygens (including phenoxy) is 2. The zero-order chi connectivity index (χ0) is 19.6. The minimum Gasteiger partial charge on any atom is -0.505 e. The highest BCUT2D eigenvalue weighted by Crippen LogP contribution is 2.32. The van der Waals surface area contributed by atoms with Crippen molar-refractivity contribution in [1.82, 2.24) is 0 Å². The summed E-state index contributed by atoms with van der Waals surface area (Å²) in [6.07, 6.45) is 0.877. The number of methoxy groups -OCH3 is 1. The van der Waals surface area contributed by atoms with E-state index in [4.69, 9.17) is 32.7 Å². The standard InChI is InChI=1S/C20H21Cl2NO4/c1-26-20(25)18(12-15-10-16(21)19(24)17(22)11-15)23-8-5-9-27-13-14-6-3-2-4-7-14/h2-4,6-7,10-11,24H,5,8-9,12-13H2,1H3. The Morgan fingerprint density at radius 3 is 2.41 bits per heavy atom. The van der Waals surface area contributed by atoms with Crippen LogP contribution in [0.1, 0.15) is 17.5 Å². The predicted molar refractivity (Wildman–Crippen MR) is 107 cm³/mol. The van der Waals surface area contributed by atoms with E-state index < -0.39 is 5.97 Å². The highest BCUT2D eigenvalue weighted by Gasteiger charge is 2.15. The van der Waals surface area contributed by atoms with Gasteiger partial charge in [-0.3, -0.25) is 4.99 Å². The number of hydrogen-bond acceptors (Lipinski definition) is 5. The number of carbonyl (C=O) groups is 1. The van der Waals surface area contributed by atoms with Gasteiger partial charge in [-0.25, -0.2) is 4.79 Å². The lowest BCUT2D eigenvalue weighted by Gasteiger charge is -2.08. The van der Waals surface area contributed by atoms with Crippen molar-refractivity contribution in [3.63, 3.8) is 0 Å². The molecule has 0 aliphatic heterocycles. The molecule has 27 heavy (non-hydrogen) atoms. The van der Waals surface area contributed by atoms with Crippen LogP contribution in [0.5, 0.6) is 5.75 Å². The molecule has 0 aliphatic carbocycles. The Morgan fingerprint density at radius 1 is 1.11 bits per heavy atom. The summed E-state index contributed by atoms with van der Waals surface area (Å²) in [5.74, 6) is -0.699. The van der Waals surface area contributed by atoms with Gasteiger partial charge < -0.3 is 14.6 Å². The molecule has 0 aliphatic rings. The first-order valence-corrected chi connectivity index (χ1v) is 9.17. The van der Waals surface area contributed by atoms with Crippen molar-refractivity contribution in [2.75, 3.05) is 20.3 Å². The molecule has 0 unspecified atom stereocenters. The Kier molecular flexibility index (Phi) is 8.58. The first kappa shape index (κ1) is 21.2. The summed E-state index contributed by atoms with van der Waals surface area (Å²) >= 11 is 11.8. The predicted octanol–water partition coefficient (Wildman–Crippen LogP) is 4.46. The van der Waals surface area contributed by atoms with Crippen molar-refractivity contribution >= 4 is 34.9 Å². The summed E-state index contributed by atoms with van der Waals surface area (Å²) in [5.41, 5.74) is 2.03. The molecular weight excluding hydrogens is 389 g/mol. The van der Waals surface area contributed by atoms with E-state index in [1.165, 1.54) is 7.11 Å². The van der Waals surface area contributed by atoms with Crippen molar-refractivity contribution in [2.45, 2.75) is 19.4 Å². The Bertz CT molecular complexity index is 771. The molecule has 0 saturated heterocycles. The molecule has 1 N–H and O–H groups in total. The molecule has 0 heterocycles. The number of carbonyl (C=O) groups excluding carboxylic acids is 1. The lowest BCUT2D eigenvalue weighted by Crippen LogP contribution is -2.19. The number of benzene rings is 2. The SMILES string of the molecule is COC(=O)C(Cc1cc(Cl)c(O)c(Cl)c1)=NCCCOCc1ccccc1. The second kappa shape index (κ2) is 10.9. The largest absolute Gasteiger partial charge is 0.505 e. The highest BCUT2D eigenvalue weighted by molar-refractivity contribution is 6.38. The fraction of sp³-hybridized carbons (Fsp3) is 0.300. The summed E-state index contributed by atoms with van der Waals surface area (Å²) in [6.45, 7) is 1.50. The lowest BCUT2D eigenvalue weighted by molar-refractivity contribution is -0.132. The van der Waals surface area contributed by atoms with Crippen LogP contribution in [0.25, 0.3) is 0 Å². The van der Waals surface area contributed by atoms with Gasteiger partial charge in [0, 0.05) is 19.6 Å². The molecule has 0 spiro atoms. The Labute approximate surface area is 168 Å².